The molecule has 0 spiro atoms. The monoisotopic (exact) mass is 365 g/mol. The minimum absolute atomic E-state index is 0.0917. The van der Waals surface area contributed by atoms with E-state index in [1.165, 1.54) is 0 Å². The molecule has 0 radical (unpaired) electrons. The molecule has 7 heteroatoms. The van der Waals surface area contributed by atoms with Gasteiger partial charge in [-0.2, -0.15) is 0 Å². The highest BCUT2D eigenvalue weighted by atomic mass is 35.5. The molecule has 126 valence electrons. The maximum atomic E-state index is 12.6. The first-order valence-corrected chi connectivity index (χ1v) is 8.51. The Labute approximate surface area is 150 Å². The number of carbonyl (C=O) groups is 1. The molecule has 1 aromatic heterocycles. The predicted octanol–water partition coefficient (Wildman–Crippen LogP) is 3.56. The summed E-state index contributed by atoms with van der Waals surface area (Å²) in [5.74, 6) is 0.633. The fourth-order valence-electron chi connectivity index (χ4n) is 2.58. The molecule has 1 fully saturated rings. The standard InChI is InChI=1S/C17H17Cl2N3O2/c1-2-16-20-8-12(9-21-16)17(23)22-5-6-24-15(10-22)11-3-4-13(18)14(19)7-11/h3-4,7-9,15H,2,5-6,10H2,1H3/t15-/m0/s1. The second kappa shape index (κ2) is 7.47. The Morgan fingerprint density at radius 1 is 1.29 bits per heavy atom. The minimum Gasteiger partial charge on any atom is -0.370 e. The number of aryl methyl sites for hydroxylation is 1. The molecule has 0 saturated carbocycles. The summed E-state index contributed by atoms with van der Waals surface area (Å²) in [5.41, 5.74) is 1.39. The van der Waals surface area contributed by atoms with Crippen molar-refractivity contribution in [1.82, 2.24) is 14.9 Å². The van der Waals surface area contributed by atoms with Crippen LogP contribution in [0.2, 0.25) is 10.0 Å². The van der Waals surface area contributed by atoms with E-state index in [0.29, 0.717) is 35.3 Å². The van der Waals surface area contributed by atoms with E-state index >= 15 is 0 Å². The van der Waals surface area contributed by atoms with Gasteiger partial charge in [-0.25, -0.2) is 9.97 Å². The number of amides is 1. The van der Waals surface area contributed by atoms with Crippen LogP contribution in [0.5, 0.6) is 0 Å². The van der Waals surface area contributed by atoms with Gasteiger partial charge in [0.05, 0.1) is 28.8 Å². The van der Waals surface area contributed by atoms with E-state index in [1.54, 1.807) is 29.4 Å². The van der Waals surface area contributed by atoms with Crippen molar-refractivity contribution in [3.8, 4) is 0 Å². The lowest BCUT2D eigenvalue weighted by Crippen LogP contribution is -2.42. The molecule has 0 N–H and O–H groups in total. The molecule has 1 aliphatic rings. The van der Waals surface area contributed by atoms with Crippen molar-refractivity contribution < 1.29 is 9.53 Å². The van der Waals surface area contributed by atoms with Crippen LogP contribution in [-0.4, -0.2) is 40.5 Å². The van der Waals surface area contributed by atoms with E-state index in [0.717, 1.165) is 17.8 Å². The fraction of sp³-hybridized carbons (Fsp3) is 0.353. The van der Waals surface area contributed by atoms with Crippen LogP contribution < -0.4 is 0 Å². The van der Waals surface area contributed by atoms with E-state index in [4.69, 9.17) is 27.9 Å². The summed E-state index contributed by atoms with van der Waals surface area (Å²) in [7, 11) is 0. The highest BCUT2D eigenvalue weighted by molar-refractivity contribution is 6.42. The molecule has 0 bridgehead atoms. The number of rotatable bonds is 3. The summed E-state index contributed by atoms with van der Waals surface area (Å²) in [6, 6.07) is 5.38. The Bertz CT molecular complexity index is 737. The lowest BCUT2D eigenvalue weighted by Gasteiger charge is -2.33. The number of ether oxygens (including phenoxy) is 1. The van der Waals surface area contributed by atoms with Gasteiger partial charge in [0.15, 0.2) is 0 Å². The summed E-state index contributed by atoms with van der Waals surface area (Å²) < 4.78 is 5.78. The molecule has 24 heavy (non-hydrogen) atoms. The highest BCUT2D eigenvalue weighted by Gasteiger charge is 2.26. The lowest BCUT2D eigenvalue weighted by atomic mass is 10.1. The van der Waals surface area contributed by atoms with Crippen molar-refractivity contribution in [2.45, 2.75) is 19.4 Å². The summed E-state index contributed by atoms with van der Waals surface area (Å²) >= 11 is 12.0. The van der Waals surface area contributed by atoms with Crippen LogP contribution in [0.1, 0.15) is 34.8 Å². The Morgan fingerprint density at radius 3 is 2.71 bits per heavy atom. The topological polar surface area (TPSA) is 55.3 Å². The van der Waals surface area contributed by atoms with Crippen LogP contribution in [-0.2, 0) is 11.2 Å². The van der Waals surface area contributed by atoms with Crippen molar-refractivity contribution in [2.24, 2.45) is 0 Å². The molecule has 0 aliphatic carbocycles. The summed E-state index contributed by atoms with van der Waals surface area (Å²) in [6.07, 6.45) is 3.68. The van der Waals surface area contributed by atoms with Crippen molar-refractivity contribution in [2.75, 3.05) is 19.7 Å². The molecule has 5 nitrogen and oxygen atoms in total. The largest absolute Gasteiger partial charge is 0.370 e. The van der Waals surface area contributed by atoms with Crippen molar-refractivity contribution in [1.29, 1.82) is 0 Å². The molecule has 2 aromatic rings. The molecular formula is C17H17Cl2N3O2. The predicted molar refractivity (Wildman–Crippen MR) is 92.5 cm³/mol. The lowest BCUT2D eigenvalue weighted by molar-refractivity contribution is -0.0228. The number of carbonyl (C=O) groups excluding carboxylic acids is 1. The number of benzene rings is 1. The van der Waals surface area contributed by atoms with Crippen molar-refractivity contribution in [3.05, 3.63) is 57.6 Å². The zero-order valence-electron chi connectivity index (χ0n) is 13.2. The van der Waals surface area contributed by atoms with E-state index in [9.17, 15) is 4.79 Å². The van der Waals surface area contributed by atoms with Crippen LogP contribution in [0.4, 0.5) is 0 Å². The van der Waals surface area contributed by atoms with Crippen molar-refractivity contribution >= 4 is 29.1 Å². The molecule has 2 heterocycles. The van der Waals surface area contributed by atoms with Gasteiger partial charge in [-0.05, 0) is 17.7 Å². The average molecular weight is 366 g/mol. The van der Waals surface area contributed by atoms with Crippen LogP contribution in [0.3, 0.4) is 0 Å². The van der Waals surface area contributed by atoms with Gasteiger partial charge in [0.2, 0.25) is 0 Å². The minimum atomic E-state index is -0.228. The zero-order valence-corrected chi connectivity index (χ0v) is 14.7. The first kappa shape index (κ1) is 17.1. The third kappa shape index (κ3) is 3.69. The molecule has 1 aliphatic heterocycles. The van der Waals surface area contributed by atoms with Crippen LogP contribution in [0.25, 0.3) is 0 Å². The molecule has 1 atom stereocenters. The van der Waals surface area contributed by atoms with E-state index < -0.39 is 0 Å². The molecule has 1 saturated heterocycles. The van der Waals surface area contributed by atoms with E-state index in [1.807, 2.05) is 13.0 Å². The van der Waals surface area contributed by atoms with Gasteiger partial charge in [0, 0.05) is 25.4 Å². The maximum absolute atomic E-state index is 12.6. The third-order valence-corrected chi connectivity index (χ3v) is 4.68. The van der Waals surface area contributed by atoms with Crippen molar-refractivity contribution in [3.63, 3.8) is 0 Å². The molecule has 1 amide bonds. The van der Waals surface area contributed by atoms with Gasteiger partial charge in [0.1, 0.15) is 11.9 Å². The number of hydrogen-bond donors (Lipinski definition) is 0. The normalized spacial score (nSPS) is 17.8. The second-order valence-electron chi connectivity index (χ2n) is 5.53. The average Bonchev–Trinajstić information content (AvgIpc) is 2.63. The number of aromatic nitrogens is 2. The zero-order chi connectivity index (χ0) is 17.1. The number of morpholine rings is 1. The quantitative estimate of drug-likeness (QED) is 0.834. The SMILES string of the molecule is CCc1ncc(C(=O)N2CCO[C@H](c3ccc(Cl)c(Cl)c3)C2)cn1. The van der Waals surface area contributed by atoms with Gasteiger partial charge in [-0.15, -0.1) is 0 Å². The molecule has 3 rings (SSSR count). The smallest absolute Gasteiger partial charge is 0.257 e. The van der Waals surface area contributed by atoms with E-state index in [-0.39, 0.29) is 12.0 Å². The Hall–Kier alpha value is -1.69. The maximum Gasteiger partial charge on any atom is 0.257 e. The fourth-order valence-corrected chi connectivity index (χ4v) is 2.88. The number of halogens is 2. The van der Waals surface area contributed by atoms with Gasteiger partial charge in [-0.3, -0.25) is 4.79 Å². The number of hydrogen-bond acceptors (Lipinski definition) is 4. The summed E-state index contributed by atoms with van der Waals surface area (Å²) in [4.78, 5) is 22.8. The molecule has 1 aromatic carbocycles. The first-order chi connectivity index (χ1) is 11.6. The van der Waals surface area contributed by atoms with E-state index in [2.05, 4.69) is 9.97 Å². The third-order valence-electron chi connectivity index (χ3n) is 3.94. The van der Waals surface area contributed by atoms with Gasteiger partial charge >= 0.3 is 0 Å². The van der Waals surface area contributed by atoms with Gasteiger partial charge in [0.25, 0.3) is 5.91 Å². The van der Waals surface area contributed by atoms with Gasteiger partial charge in [-0.1, -0.05) is 36.2 Å². The summed E-state index contributed by atoms with van der Waals surface area (Å²) in [5, 5.41) is 0.974. The van der Waals surface area contributed by atoms with Crippen LogP contribution in [0.15, 0.2) is 30.6 Å². The van der Waals surface area contributed by atoms with Gasteiger partial charge < -0.3 is 9.64 Å². The number of nitrogens with zero attached hydrogens (tertiary/aromatic N) is 3. The van der Waals surface area contributed by atoms with Crippen LogP contribution >= 0.6 is 23.2 Å². The highest BCUT2D eigenvalue weighted by Crippen LogP contribution is 2.29. The van der Waals surface area contributed by atoms with Crippen LogP contribution in [0, 0.1) is 0 Å². The Kier molecular flexibility index (Phi) is 5.33. The molecular weight excluding hydrogens is 349 g/mol. The summed E-state index contributed by atoms with van der Waals surface area (Å²) in [6.45, 7) is 3.42. The second-order valence-corrected chi connectivity index (χ2v) is 6.34. The Balaban J connectivity index is 1.74. The first-order valence-electron chi connectivity index (χ1n) is 7.75. The molecule has 0 unspecified atom stereocenters. The Morgan fingerprint density at radius 2 is 2.04 bits per heavy atom.